The monoisotopic (exact) mass is 180 g/mol. The van der Waals surface area contributed by atoms with Gasteiger partial charge in [0.05, 0.1) is 18.0 Å². The van der Waals surface area contributed by atoms with Crippen LogP contribution in [-0.4, -0.2) is 47.7 Å². The van der Waals surface area contributed by atoms with Crippen LogP contribution < -0.4 is 0 Å². The van der Waals surface area contributed by atoms with Gasteiger partial charge in [-0.25, -0.2) is 0 Å². The van der Waals surface area contributed by atoms with Crippen LogP contribution in [0.3, 0.4) is 0 Å². The summed E-state index contributed by atoms with van der Waals surface area (Å²) in [7, 11) is 1.44. The normalized spacial score (nSPS) is 44.7. The van der Waals surface area contributed by atoms with Crippen molar-refractivity contribution >= 4 is 12.6 Å². The molecular formula is C6H12O4S. The van der Waals surface area contributed by atoms with Crippen molar-refractivity contribution < 1.29 is 19.7 Å². The van der Waals surface area contributed by atoms with Gasteiger partial charge in [0, 0.05) is 7.11 Å². The van der Waals surface area contributed by atoms with E-state index in [-0.39, 0.29) is 11.9 Å². The molecule has 0 bridgehead atoms. The molecule has 11 heavy (non-hydrogen) atoms. The molecule has 4 nitrogen and oxygen atoms in total. The number of aliphatic hydroxyl groups is 2. The average molecular weight is 180 g/mol. The Labute approximate surface area is 70.5 Å². The summed E-state index contributed by atoms with van der Waals surface area (Å²) >= 11 is 4.06. The lowest BCUT2D eigenvalue weighted by atomic mass is 10.2. The third-order valence-corrected chi connectivity index (χ3v) is 2.37. The topological polar surface area (TPSA) is 58.9 Å². The Balaban J connectivity index is 2.53. The molecule has 0 saturated carbocycles. The first kappa shape index (κ1) is 9.28. The van der Waals surface area contributed by atoms with Gasteiger partial charge in [0.2, 0.25) is 0 Å². The van der Waals surface area contributed by atoms with E-state index in [4.69, 9.17) is 14.6 Å². The summed E-state index contributed by atoms with van der Waals surface area (Å²) in [6, 6.07) is 0. The van der Waals surface area contributed by atoms with Crippen molar-refractivity contribution in [3.63, 3.8) is 0 Å². The minimum atomic E-state index is -0.763. The molecule has 4 unspecified atom stereocenters. The predicted octanol–water partition coefficient (Wildman–Crippen LogP) is -0.991. The molecule has 1 aliphatic heterocycles. The average Bonchev–Trinajstić information content (AvgIpc) is 2.30. The predicted molar refractivity (Wildman–Crippen MR) is 41.5 cm³/mol. The second kappa shape index (κ2) is 3.73. The second-order valence-electron chi connectivity index (χ2n) is 2.44. The quantitative estimate of drug-likeness (QED) is 0.478. The molecule has 1 rings (SSSR count). The van der Waals surface area contributed by atoms with Gasteiger partial charge in [0.25, 0.3) is 0 Å². The van der Waals surface area contributed by atoms with Crippen molar-refractivity contribution in [2.24, 2.45) is 0 Å². The van der Waals surface area contributed by atoms with Crippen molar-refractivity contribution in [2.75, 3.05) is 13.7 Å². The van der Waals surface area contributed by atoms with Crippen LogP contribution in [0.25, 0.3) is 0 Å². The number of ether oxygens (including phenoxy) is 2. The van der Waals surface area contributed by atoms with Gasteiger partial charge in [0.1, 0.15) is 6.10 Å². The molecule has 0 aromatic heterocycles. The van der Waals surface area contributed by atoms with Gasteiger partial charge in [-0.15, -0.1) is 0 Å². The molecular weight excluding hydrogens is 168 g/mol. The van der Waals surface area contributed by atoms with E-state index < -0.39 is 18.5 Å². The van der Waals surface area contributed by atoms with E-state index >= 15 is 0 Å². The molecule has 1 heterocycles. The van der Waals surface area contributed by atoms with Gasteiger partial charge in [-0.2, -0.15) is 12.6 Å². The van der Waals surface area contributed by atoms with Crippen LogP contribution in [-0.2, 0) is 9.47 Å². The van der Waals surface area contributed by atoms with Crippen LogP contribution in [0.2, 0.25) is 0 Å². The molecule has 66 valence electrons. The van der Waals surface area contributed by atoms with Crippen molar-refractivity contribution in [3.8, 4) is 0 Å². The molecule has 0 radical (unpaired) electrons. The van der Waals surface area contributed by atoms with Crippen molar-refractivity contribution in [1.82, 2.24) is 0 Å². The van der Waals surface area contributed by atoms with Gasteiger partial charge in [-0.1, -0.05) is 0 Å². The largest absolute Gasteiger partial charge is 0.394 e. The zero-order valence-corrected chi connectivity index (χ0v) is 7.07. The third kappa shape index (κ3) is 1.68. The Hall–Kier alpha value is 0.190. The lowest BCUT2D eigenvalue weighted by Gasteiger charge is -2.11. The first-order valence-corrected chi connectivity index (χ1v) is 3.87. The third-order valence-electron chi connectivity index (χ3n) is 1.73. The van der Waals surface area contributed by atoms with Crippen LogP contribution in [0.4, 0.5) is 0 Å². The summed E-state index contributed by atoms with van der Waals surface area (Å²) in [4.78, 5) is 0. The molecule has 1 aliphatic rings. The minimum absolute atomic E-state index is 0.148. The zero-order valence-electron chi connectivity index (χ0n) is 6.17. The molecule has 0 aliphatic carbocycles. The van der Waals surface area contributed by atoms with Gasteiger partial charge < -0.3 is 19.7 Å². The maximum Gasteiger partial charge on any atom is 0.184 e. The van der Waals surface area contributed by atoms with Crippen LogP contribution >= 0.6 is 12.6 Å². The molecule has 0 aromatic rings. The highest BCUT2D eigenvalue weighted by molar-refractivity contribution is 7.81. The van der Waals surface area contributed by atoms with E-state index in [0.717, 1.165) is 0 Å². The number of hydrogen-bond donors (Lipinski definition) is 3. The highest BCUT2D eigenvalue weighted by Gasteiger charge is 2.41. The summed E-state index contributed by atoms with van der Waals surface area (Å²) < 4.78 is 9.88. The number of methoxy groups -OCH3 is 1. The lowest BCUT2D eigenvalue weighted by Crippen LogP contribution is -2.30. The van der Waals surface area contributed by atoms with Gasteiger partial charge >= 0.3 is 0 Å². The molecule has 5 heteroatoms. The smallest absolute Gasteiger partial charge is 0.184 e. The molecule has 0 aromatic carbocycles. The molecule has 0 spiro atoms. The highest BCUT2D eigenvalue weighted by Crippen LogP contribution is 2.25. The summed E-state index contributed by atoms with van der Waals surface area (Å²) in [5, 5.41) is 17.7. The van der Waals surface area contributed by atoms with Gasteiger partial charge in [-0.05, 0) is 0 Å². The van der Waals surface area contributed by atoms with Crippen LogP contribution in [0, 0.1) is 0 Å². The SMILES string of the molecule is COC1OC(CO)C(S)C1O. The van der Waals surface area contributed by atoms with E-state index in [9.17, 15) is 5.11 Å². The fraction of sp³-hybridized carbons (Fsp3) is 1.00. The Bertz CT molecular complexity index is 114. The molecule has 0 amide bonds. The van der Waals surface area contributed by atoms with E-state index in [2.05, 4.69) is 12.6 Å². The maximum absolute atomic E-state index is 9.32. The summed E-state index contributed by atoms with van der Waals surface area (Å²) in [6.07, 6.45) is -1.85. The molecule has 2 N–H and O–H groups in total. The first-order valence-electron chi connectivity index (χ1n) is 3.36. The maximum atomic E-state index is 9.32. The van der Waals surface area contributed by atoms with E-state index in [0.29, 0.717) is 0 Å². The number of thiol groups is 1. The standard InChI is InChI=1S/C6H12O4S/c1-9-6-4(8)5(11)3(2-7)10-6/h3-8,11H,2H2,1H3. The Kier molecular flexibility index (Phi) is 3.15. The van der Waals surface area contributed by atoms with Crippen molar-refractivity contribution in [3.05, 3.63) is 0 Å². The summed E-state index contributed by atoms with van der Waals surface area (Å²) in [5.74, 6) is 0. The van der Waals surface area contributed by atoms with E-state index in [1.165, 1.54) is 7.11 Å². The molecule has 1 saturated heterocycles. The summed E-state index contributed by atoms with van der Waals surface area (Å²) in [6.45, 7) is -0.148. The van der Waals surface area contributed by atoms with Gasteiger partial charge in [-0.3, -0.25) is 0 Å². The number of hydrogen-bond acceptors (Lipinski definition) is 5. The highest BCUT2D eigenvalue weighted by atomic mass is 32.1. The Morgan fingerprint density at radius 1 is 1.64 bits per heavy atom. The van der Waals surface area contributed by atoms with Crippen molar-refractivity contribution in [2.45, 2.75) is 23.7 Å². The van der Waals surface area contributed by atoms with Gasteiger partial charge in [0.15, 0.2) is 6.29 Å². The van der Waals surface area contributed by atoms with Crippen LogP contribution in [0.5, 0.6) is 0 Å². The van der Waals surface area contributed by atoms with E-state index in [1.807, 2.05) is 0 Å². The van der Waals surface area contributed by atoms with Crippen LogP contribution in [0.15, 0.2) is 0 Å². The van der Waals surface area contributed by atoms with Crippen LogP contribution in [0.1, 0.15) is 0 Å². The minimum Gasteiger partial charge on any atom is -0.394 e. The number of rotatable bonds is 2. The second-order valence-corrected chi connectivity index (χ2v) is 3.04. The fourth-order valence-corrected chi connectivity index (χ4v) is 1.37. The number of aliphatic hydroxyl groups excluding tert-OH is 2. The zero-order chi connectivity index (χ0) is 8.43. The molecule has 1 fully saturated rings. The van der Waals surface area contributed by atoms with E-state index in [1.54, 1.807) is 0 Å². The fourth-order valence-electron chi connectivity index (χ4n) is 1.06. The van der Waals surface area contributed by atoms with Crippen molar-refractivity contribution in [1.29, 1.82) is 0 Å². The Morgan fingerprint density at radius 3 is 2.55 bits per heavy atom. The lowest BCUT2D eigenvalue weighted by molar-refractivity contribution is -0.153. The first-order chi connectivity index (χ1) is 5.20. The Morgan fingerprint density at radius 2 is 2.27 bits per heavy atom. The summed E-state index contributed by atoms with van der Waals surface area (Å²) in [5.41, 5.74) is 0. The molecule has 4 atom stereocenters.